The zero-order chi connectivity index (χ0) is 18.4. The fourth-order valence-electron chi connectivity index (χ4n) is 2.16. The summed E-state index contributed by atoms with van der Waals surface area (Å²) in [5.74, 6) is 0.0794. The molecule has 0 spiro atoms. The van der Waals surface area contributed by atoms with Gasteiger partial charge in [-0.3, -0.25) is 0 Å². The molecule has 0 saturated heterocycles. The van der Waals surface area contributed by atoms with Gasteiger partial charge in [-0.1, -0.05) is 28.9 Å². The van der Waals surface area contributed by atoms with Crippen molar-refractivity contribution in [2.24, 2.45) is 5.16 Å². The van der Waals surface area contributed by atoms with Gasteiger partial charge >= 0.3 is 5.97 Å². The lowest BCUT2D eigenvalue weighted by atomic mass is 10.1. The van der Waals surface area contributed by atoms with Crippen molar-refractivity contribution in [3.8, 4) is 5.75 Å². The van der Waals surface area contributed by atoms with Gasteiger partial charge in [0.05, 0.1) is 19.2 Å². The zero-order valence-corrected chi connectivity index (χ0v) is 15.9. The summed E-state index contributed by atoms with van der Waals surface area (Å²) in [5.41, 5.74) is 1.63. The van der Waals surface area contributed by atoms with E-state index >= 15 is 0 Å². The lowest BCUT2D eigenvalue weighted by Gasteiger charge is -2.07. The molecular weight excluding hydrogens is 391 g/mol. The van der Waals surface area contributed by atoms with Gasteiger partial charge < -0.3 is 9.57 Å². The highest BCUT2D eigenvalue weighted by Gasteiger charge is 2.11. The van der Waals surface area contributed by atoms with Gasteiger partial charge in [0.2, 0.25) is 0 Å². The highest BCUT2D eigenvalue weighted by molar-refractivity contribution is 6.30. The van der Waals surface area contributed by atoms with Crippen molar-refractivity contribution in [1.82, 2.24) is 14.8 Å². The number of carbonyl (C=O) groups is 1. The molecule has 0 N–H and O–H groups in total. The Kier molecular flexibility index (Phi) is 7.34. The maximum absolute atomic E-state index is 12.2. The van der Waals surface area contributed by atoms with Crippen LogP contribution in [-0.2, 0) is 11.4 Å². The van der Waals surface area contributed by atoms with Gasteiger partial charge in [0.15, 0.2) is 0 Å². The van der Waals surface area contributed by atoms with Gasteiger partial charge in [0.1, 0.15) is 24.1 Å². The van der Waals surface area contributed by atoms with E-state index in [9.17, 15) is 4.79 Å². The van der Waals surface area contributed by atoms with Crippen LogP contribution in [0.5, 0.6) is 5.75 Å². The third-order valence-electron chi connectivity index (χ3n) is 3.52. The van der Waals surface area contributed by atoms with Crippen molar-refractivity contribution in [3.63, 3.8) is 0 Å². The number of ether oxygens (including phenoxy) is 1. The van der Waals surface area contributed by atoms with Crippen LogP contribution in [0, 0.1) is 0 Å². The summed E-state index contributed by atoms with van der Waals surface area (Å²) in [4.78, 5) is 21.2. The van der Waals surface area contributed by atoms with Gasteiger partial charge in [-0.05, 0) is 36.4 Å². The van der Waals surface area contributed by atoms with Crippen molar-refractivity contribution in [1.29, 1.82) is 0 Å². The third-order valence-corrected chi connectivity index (χ3v) is 3.77. The largest absolute Gasteiger partial charge is 0.497 e. The molecule has 0 aliphatic rings. The second-order valence-electron chi connectivity index (χ2n) is 5.25. The molecule has 1 heterocycles. The summed E-state index contributed by atoms with van der Waals surface area (Å²) in [5, 5.41) is 8.67. The molecule has 1 aromatic heterocycles. The number of rotatable bonds is 6. The summed E-state index contributed by atoms with van der Waals surface area (Å²) >= 11 is 5.93. The van der Waals surface area contributed by atoms with Gasteiger partial charge in [-0.2, -0.15) is 5.10 Å². The van der Waals surface area contributed by atoms with E-state index in [-0.39, 0.29) is 19.0 Å². The summed E-state index contributed by atoms with van der Waals surface area (Å²) < 4.78 is 6.65. The average molecular weight is 407 g/mol. The number of carbonyl (C=O) groups excluding carboxylic acids is 1. The molecule has 0 aliphatic heterocycles. The van der Waals surface area contributed by atoms with E-state index < -0.39 is 5.97 Å². The van der Waals surface area contributed by atoms with Crippen molar-refractivity contribution >= 4 is 35.7 Å². The highest BCUT2D eigenvalue weighted by atomic mass is 35.5. The van der Waals surface area contributed by atoms with E-state index in [1.807, 2.05) is 0 Å². The first kappa shape index (κ1) is 20.4. The average Bonchev–Trinajstić information content (AvgIpc) is 3.19. The molecule has 0 radical (unpaired) electrons. The number of methoxy groups -OCH3 is 1. The summed E-state index contributed by atoms with van der Waals surface area (Å²) in [6.45, 7) is 0.289. The fourth-order valence-corrected chi connectivity index (χ4v) is 2.29. The second-order valence-corrected chi connectivity index (χ2v) is 5.68. The van der Waals surface area contributed by atoms with E-state index in [1.54, 1.807) is 66.6 Å². The van der Waals surface area contributed by atoms with E-state index in [0.29, 0.717) is 22.0 Å². The Morgan fingerprint density at radius 1 is 1.11 bits per heavy atom. The Hall–Kier alpha value is -2.90. The van der Waals surface area contributed by atoms with Gasteiger partial charge in [-0.25, -0.2) is 14.5 Å². The number of benzene rings is 2. The van der Waals surface area contributed by atoms with Gasteiger partial charge in [-0.15, -0.1) is 12.4 Å². The molecule has 3 aromatic rings. The highest BCUT2D eigenvalue weighted by Crippen LogP contribution is 2.14. The first-order valence-electron chi connectivity index (χ1n) is 7.66. The van der Waals surface area contributed by atoms with Crippen LogP contribution < -0.4 is 4.74 Å². The Morgan fingerprint density at radius 3 is 2.37 bits per heavy atom. The molecule has 0 saturated carbocycles. The van der Waals surface area contributed by atoms with Crippen molar-refractivity contribution < 1.29 is 14.4 Å². The predicted octanol–water partition coefficient (Wildman–Crippen LogP) is 3.62. The fraction of sp³-hybridized carbons (Fsp3) is 0.111. The van der Waals surface area contributed by atoms with Crippen LogP contribution in [0.25, 0.3) is 0 Å². The Labute approximate surface area is 167 Å². The maximum atomic E-state index is 12.2. The molecule has 9 heteroatoms. The van der Waals surface area contributed by atoms with E-state index in [1.165, 1.54) is 6.33 Å². The van der Waals surface area contributed by atoms with Crippen LogP contribution in [0.3, 0.4) is 0 Å². The lowest BCUT2D eigenvalue weighted by molar-refractivity contribution is 0.0515. The number of hydrogen-bond acceptors (Lipinski definition) is 6. The van der Waals surface area contributed by atoms with Gasteiger partial charge in [0.25, 0.3) is 0 Å². The van der Waals surface area contributed by atoms with Crippen LogP contribution in [0.15, 0.2) is 66.3 Å². The molecule has 27 heavy (non-hydrogen) atoms. The van der Waals surface area contributed by atoms with Crippen molar-refractivity contribution in [2.45, 2.75) is 6.54 Å². The summed E-state index contributed by atoms with van der Waals surface area (Å²) in [6.07, 6.45) is 2.97. The number of aromatic nitrogens is 3. The van der Waals surface area contributed by atoms with Crippen molar-refractivity contribution in [2.75, 3.05) is 7.11 Å². The molecule has 0 aliphatic carbocycles. The van der Waals surface area contributed by atoms with Gasteiger partial charge in [0, 0.05) is 10.6 Å². The zero-order valence-electron chi connectivity index (χ0n) is 14.3. The SMILES string of the molecule is COc1ccc(C(=O)ON=C(Cn2cncn2)c2ccc(Cl)cc2)cc1.Cl. The number of hydrogen-bond donors (Lipinski definition) is 0. The molecule has 0 bridgehead atoms. The summed E-state index contributed by atoms with van der Waals surface area (Å²) in [6, 6.07) is 13.6. The first-order valence-corrected chi connectivity index (χ1v) is 8.04. The number of oxime groups is 1. The van der Waals surface area contributed by atoms with Crippen LogP contribution in [0.2, 0.25) is 5.02 Å². The predicted molar refractivity (Wildman–Crippen MR) is 104 cm³/mol. The smallest absolute Gasteiger partial charge is 0.365 e. The standard InChI is InChI=1S/C18H15ClN4O3.ClH/c1-25-16-8-4-14(5-9-16)18(24)26-22-17(10-23-12-20-11-21-23)13-2-6-15(19)7-3-13;/h2-9,11-12H,10H2,1H3;1H. The van der Waals surface area contributed by atoms with E-state index in [0.717, 1.165) is 5.56 Å². The maximum Gasteiger partial charge on any atom is 0.365 e. The monoisotopic (exact) mass is 406 g/mol. The van der Waals surface area contributed by atoms with E-state index in [2.05, 4.69) is 15.2 Å². The Morgan fingerprint density at radius 2 is 1.78 bits per heavy atom. The minimum Gasteiger partial charge on any atom is -0.497 e. The van der Waals surface area contributed by atoms with E-state index in [4.69, 9.17) is 21.2 Å². The molecule has 0 unspecified atom stereocenters. The molecular formula is C18H16Cl2N4O3. The molecule has 2 aromatic carbocycles. The lowest BCUT2D eigenvalue weighted by Crippen LogP contribution is -2.14. The topological polar surface area (TPSA) is 78.6 Å². The van der Waals surface area contributed by atoms with Crippen LogP contribution in [0.1, 0.15) is 15.9 Å². The normalized spacial score (nSPS) is 10.8. The summed E-state index contributed by atoms with van der Waals surface area (Å²) in [7, 11) is 1.56. The number of halogens is 2. The molecule has 140 valence electrons. The second kappa shape index (κ2) is 9.70. The molecule has 7 nitrogen and oxygen atoms in total. The van der Waals surface area contributed by atoms with Crippen LogP contribution >= 0.6 is 24.0 Å². The third kappa shape index (κ3) is 5.54. The Balaban J connectivity index is 0.00000261. The minimum atomic E-state index is -0.572. The van der Waals surface area contributed by atoms with Crippen LogP contribution in [0.4, 0.5) is 0 Å². The van der Waals surface area contributed by atoms with Crippen molar-refractivity contribution in [3.05, 3.63) is 77.3 Å². The minimum absolute atomic E-state index is 0. The van der Waals surface area contributed by atoms with Crippen LogP contribution in [-0.4, -0.2) is 33.6 Å². The Bertz CT molecular complexity index is 895. The molecule has 0 fully saturated rings. The first-order chi connectivity index (χ1) is 12.7. The molecule has 0 atom stereocenters. The quantitative estimate of drug-likeness (QED) is 0.354. The molecule has 3 rings (SSSR count). The number of nitrogens with zero attached hydrogens (tertiary/aromatic N) is 4. The molecule has 0 amide bonds.